The lowest BCUT2D eigenvalue weighted by Crippen LogP contribution is -2.37. The fourth-order valence-electron chi connectivity index (χ4n) is 2.19. The van der Waals surface area contributed by atoms with Gasteiger partial charge in [-0.05, 0) is 42.4 Å². The SMILES string of the molecule is CC(C)c1ccc(C(=O)N(CC(=O)O)CC2CC2)cc1. The Labute approximate surface area is 119 Å². The number of hydrogen-bond acceptors (Lipinski definition) is 2. The molecule has 4 heteroatoms. The van der Waals surface area contributed by atoms with Gasteiger partial charge < -0.3 is 10.0 Å². The maximum absolute atomic E-state index is 12.4. The van der Waals surface area contributed by atoms with Crippen LogP contribution in [0.15, 0.2) is 24.3 Å². The van der Waals surface area contributed by atoms with E-state index in [0.717, 1.165) is 12.8 Å². The van der Waals surface area contributed by atoms with E-state index in [1.807, 2.05) is 12.1 Å². The van der Waals surface area contributed by atoms with Crippen LogP contribution in [0, 0.1) is 5.92 Å². The fraction of sp³-hybridized carbons (Fsp3) is 0.500. The molecule has 0 aliphatic heterocycles. The summed E-state index contributed by atoms with van der Waals surface area (Å²) in [6, 6.07) is 7.46. The first kappa shape index (κ1) is 14.6. The molecular formula is C16H21NO3. The number of benzene rings is 1. The van der Waals surface area contributed by atoms with Crippen LogP contribution in [0.5, 0.6) is 0 Å². The third kappa shape index (κ3) is 3.83. The standard InChI is InChI=1S/C16H21NO3/c1-11(2)13-5-7-14(8-6-13)16(20)17(10-15(18)19)9-12-3-4-12/h5-8,11-12H,3-4,9-10H2,1-2H3,(H,18,19). The van der Waals surface area contributed by atoms with Gasteiger partial charge in [-0.2, -0.15) is 0 Å². The lowest BCUT2D eigenvalue weighted by atomic mass is 10.0. The monoisotopic (exact) mass is 275 g/mol. The van der Waals surface area contributed by atoms with Gasteiger partial charge in [-0.15, -0.1) is 0 Å². The molecule has 1 aliphatic carbocycles. The van der Waals surface area contributed by atoms with Crippen LogP contribution in [0.25, 0.3) is 0 Å². The molecule has 1 saturated carbocycles. The number of carbonyl (C=O) groups excluding carboxylic acids is 1. The molecule has 2 rings (SSSR count). The minimum atomic E-state index is -0.960. The molecule has 4 nitrogen and oxygen atoms in total. The van der Waals surface area contributed by atoms with Crippen molar-refractivity contribution in [2.24, 2.45) is 5.92 Å². The molecule has 0 spiro atoms. The molecule has 1 fully saturated rings. The fourth-order valence-corrected chi connectivity index (χ4v) is 2.19. The Morgan fingerprint density at radius 3 is 2.30 bits per heavy atom. The van der Waals surface area contributed by atoms with Gasteiger partial charge in [0.25, 0.3) is 5.91 Å². The second-order valence-corrected chi connectivity index (χ2v) is 5.80. The molecule has 0 aromatic heterocycles. The molecule has 0 bridgehead atoms. The highest BCUT2D eigenvalue weighted by molar-refractivity contribution is 5.95. The van der Waals surface area contributed by atoms with E-state index >= 15 is 0 Å². The zero-order valence-corrected chi connectivity index (χ0v) is 12.0. The summed E-state index contributed by atoms with van der Waals surface area (Å²) in [5.74, 6) is -0.249. The lowest BCUT2D eigenvalue weighted by molar-refractivity contribution is -0.137. The van der Waals surface area contributed by atoms with Crippen LogP contribution in [0.2, 0.25) is 0 Å². The van der Waals surface area contributed by atoms with E-state index in [1.54, 1.807) is 12.1 Å². The van der Waals surface area contributed by atoms with Gasteiger partial charge in [0.15, 0.2) is 0 Å². The minimum absolute atomic E-state index is 0.186. The van der Waals surface area contributed by atoms with Crippen LogP contribution in [-0.2, 0) is 4.79 Å². The van der Waals surface area contributed by atoms with Crippen molar-refractivity contribution in [1.29, 1.82) is 0 Å². The molecule has 0 saturated heterocycles. The van der Waals surface area contributed by atoms with Crippen molar-refractivity contribution in [3.8, 4) is 0 Å². The number of carbonyl (C=O) groups is 2. The zero-order chi connectivity index (χ0) is 14.7. The summed E-state index contributed by atoms with van der Waals surface area (Å²) < 4.78 is 0. The second-order valence-electron chi connectivity index (χ2n) is 5.80. The molecule has 1 aromatic carbocycles. The minimum Gasteiger partial charge on any atom is -0.480 e. The predicted molar refractivity (Wildman–Crippen MR) is 76.8 cm³/mol. The molecule has 1 amide bonds. The van der Waals surface area contributed by atoms with Gasteiger partial charge in [0.05, 0.1) is 0 Å². The Hall–Kier alpha value is -1.84. The maximum atomic E-state index is 12.4. The van der Waals surface area contributed by atoms with Crippen molar-refractivity contribution in [2.75, 3.05) is 13.1 Å². The molecule has 20 heavy (non-hydrogen) atoms. The third-order valence-corrected chi connectivity index (χ3v) is 3.61. The van der Waals surface area contributed by atoms with Crippen molar-refractivity contribution in [2.45, 2.75) is 32.6 Å². The Morgan fingerprint density at radius 1 is 1.25 bits per heavy atom. The summed E-state index contributed by atoms with van der Waals surface area (Å²) >= 11 is 0. The largest absolute Gasteiger partial charge is 0.480 e. The van der Waals surface area contributed by atoms with Crippen LogP contribution in [0.1, 0.15) is 48.5 Å². The quantitative estimate of drug-likeness (QED) is 0.868. The maximum Gasteiger partial charge on any atom is 0.323 e. The molecule has 1 N–H and O–H groups in total. The van der Waals surface area contributed by atoms with Gasteiger partial charge >= 0.3 is 5.97 Å². The highest BCUT2D eigenvalue weighted by Crippen LogP contribution is 2.30. The first-order chi connectivity index (χ1) is 9.47. The van der Waals surface area contributed by atoms with Crippen molar-refractivity contribution >= 4 is 11.9 Å². The summed E-state index contributed by atoms with van der Waals surface area (Å²) in [7, 11) is 0. The summed E-state index contributed by atoms with van der Waals surface area (Å²) in [6.07, 6.45) is 2.19. The predicted octanol–water partition coefficient (Wildman–Crippen LogP) is 2.75. The number of amides is 1. The van der Waals surface area contributed by atoms with Crippen molar-refractivity contribution in [3.05, 3.63) is 35.4 Å². The first-order valence-corrected chi connectivity index (χ1v) is 7.08. The van der Waals surface area contributed by atoms with E-state index in [-0.39, 0.29) is 12.5 Å². The van der Waals surface area contributed by atoms with Crippen LogP contribution >= 0.6 is 0 Å². The van der Waals surface area contributed by atoms with Crippen LogP contribution in [0.3, 0.4) is 0 Å². The van der Waals surface area contributed by atoms with Crippen molar-refractivity contribution in [3.63, 3.8) is 0 Å². The van der Waals surface area contributed by atoms with E-state index in [4.69, 9.17) is 5.11 Å². The number of nitrogens with zero attached hydrogens (tertiary/aromatic N) is 1. The average molecular weight is 275 g/mol. The Balaban J connectivity index is 2.10. The molecule has 0 radical (unpaired) electrons. The van der Waals surface area contributed by atoms with Gasteiger partial charge in [-0.25, -0.2) is 0 Å². The van der Waals surface area contributed by atoms with E-state index < -0.39 is 5.97 Å². The summed E-state index contributed by atoms with van der Waals surface area (Å²) in [5.41, 5.74) is 1.74. The molecule has 108 valence electrons. The first-order valence-electron chi connectivity index (χ1n) is 7.08. The van der Waals surface area contributed by atoms with E-state index in [0.29, 0.717) is 23.9 Å². The van der Waals surface area contributed by atoms with Crippen LogP contribution < -0.4 is 0 Å². The second kappa shape index (κ2) is 6.07. The van der Waals surface area contributed by atoms with Crippen molar-refractivity contribution in [1.82, 2.24) is 4.90 Å². The zero-order valence-electron chi connectivity index (χ0n) is 12.0. The molecule has 0 heterocycles. The van der Waals surface area contributed by atoms with Crippen LogP contribution in [-0.4, -0.2) is 35.0 Å². The highest BCUT2D eigenvalue weighted by atomic mass is 16.4. The molecule has 0 unspecified atom stereocenters. The molecule has 1 aliphatic rings. The smallest absolute Gasteiger partial charge is 0.323 e. The van der Waals surface area contributed by atoms with Gasteiger partial charge in [-0.3, -0.25) is 9.59 Å². The van der Waals surface area contributed by atoms with Gasteiger partial charge in [0, 0.05) is 12.1 Å². The summed E-state index contributed by atoms with van der Waals surface area (Å²) in [6.45, 7) is 4.53. The Morgan fingerprint density at radius 2 is 1.85 bits per heavy atom. The molecular weight excluding hydrogens is 254 g/mol. The van der Waals surface area contributed by atoms with Gasteiger partial charge in [-0.1, -0.05) is 26.0 Å². The van der Waals surface area contributed by atoms with Gasteiger partial charge in [0.1, 0.15) is 6.54 Å². The van der Waals surface area contributed by atoms with Crippen molar-refractivity contribution < 1.29 is 14.7 Å². The Bertz CT molecular complexity index is 489. The summed E-state index contributed by atoms with van der Waals surface area (Å²) in [5, 5.41) is 8.94. The number of rotatable bonds is 6. The molecule has 0 atom stereocenters. The topological polar surface area (TPSA) is 57.6 Å². The number of aliphatic carboxylic acids is 1. The lowest BCUT2D eigenvalue weighted by Gasteiger charge is -2.20. The van der Waals surface area contributed by atoms with E-state index in [9.17, 15) is 9.59 Å². The molecule has 1 aromatic rings. The number of carboxylic acid groups (broad SMARTS) is 1. The van der Waals surface area contributed by atoms with E-state index in [2.05, 4.69) is 13.8 Å². The number of carboxylic acids is 1. The average Bonchev–Trinajstić information content (AvgIpc) is 3.20. The highest BCUT2D eigenvalue weighted by Gasteiger charge is 2.28. The number of hydrogen-bond donors (Lipinski definition) is 1. The normalized spacial score (nSPS) is 14.3. The van der Waals surface area contributed by atoms with Crippen LogP contribution in [0.4, 0.5) is 0 Å². The Kier molecular flexibility index (Phi) is 4.42. The van der Waals surface area contributed by atoms with Gasteiger partial charge in [0.2, 0.25) is 0 Å². The third-order valence-electron chi connectivity index (χ3n) is 3.61. The van der Waals surface area contributed by atoms with E-state index in [1.165, 1.54) is 10.5 Å². The summed E-state index contributed by atoms with van der Waals surface area (Å²) in [4.78, 5) is 24.7.